The Hall–Kier alpha value is -1.69. The molecular formula is C14H14ClF2NO3. The molecule has 0 radical (unpaired) electrons. The molecule has 0 aliphatic carbocycles. The maximum atomic E-state index is 13.3. The summed E-state index contributed by atoms with van der Waals surface area (Å²) in [6, 6.07) is 1.43. The maximum Gasteiger partial charge on any atom is 0.329 e. The maximum absolute atomic E-state index is 13.3. The Morgan fingerprint density at radius 3 is 2.57 bits per heavy atom. The predicted octanol–water partition coefficient (Wildman–Crippen LogP) is 3.09. The first kappa shape index (κ1) is 15.7. The number of carbonyl (C=O) groups is 2. The third kappa shape index (κ3) is 2.48. The first-order chi connectivity index (χ1) is 9.83. The first-order valence-corrected chi connectivity index (χ1v) is 6.91. The third-order valence-corrected chi connectivity index (χ3v) is 4.27. The van der Waals surface area contributed by atoms with E-state index in [4.69, 9.17) is 11.6 Å². The van der Waals surface area contributed by atoms with E-state index < -0.39 is 29.0 Å². The summed E-state index contributed by atoms with van der Waals surface area (Å²) in [6.07, 6.45) is 1.09. The topological polar surface area (TPSA) is 57.6 Å². The van der Waals surface area contributed by atoms with Crippen LogP contribution < -0.4 is 0 Å². The standard InChI is InChI=1S/C14H14ClF2NO3/c1-2-14(13(20)21)4-3-5-18(14)12(19)8-6-10(16)11(17)7-9(8)15/h6-7H,2-5H2,1H3,(H,20,21). The molecule has 1 aromatic carbocycles. The van der Waals surface area contributed by atoms with Crippen molar-refractivity contribution in [2.24, 2.45) is 0 Å². The lowest BCUT2D eigenvalue weighted by Crippen LogP contribution is -2.52. The van der Waals surface area contributed by atoms with Gasteiger partial charge in [-0.2, -0.15) is 0 Å². The molecule has 0 spiro atoms. The minimum Gasteiger partial charge on any atom is -0.479 e. The highest BCUT2D eigenvalue weighted by molar-refractivity contribution is 6.33. The van der Waals surface area contributed by atoms with E-state index in [9.17, 15) is 23.5 Å². The molecule has 21 heavy (non-hydrogen) atoms. The summed E-state index contributed by atoms with van der Waals surface area (Å²) in [5, 5.41) is 9.20. The van der Waals surface area contributed by atoms with Crippen LogP contribution >= 0.6 is 11.6 Å². The van der Waals surface area contributed by atoms with Crippen molar-refractivity contribution < 1.29 is 23.5 Å². The van der Waals surface area contributed by atoms with Gasteiger partial charge in [-0.25, -0.2) is 13.6 Å². The number of rotatable bonds is 3. The van der Waals surface area contributed by atoms with Crippen molar-refractivity contribution in [3.8, 4) is 0 Å². The van der Waals surface area contributed by atoms with Gasteiger partial charge in [-0.15, -0.1) is 0 Å². The van der Waals surface area contributed by atoms with Gasteiger partial charge in [0.25, 0.3) is 5.91 Å². The molecule has 0 saturated carbocycles. The lowest BCUT2D eigenvalue weighted by molar-refractivity contribution is -0.148. The highest BCUT2D eigenvalue weighted by Crippen LogP contribution is 2.35. The molecule has 114 valence electrons. The average molecular weight is 318 g/mol. The Kier molecular flexibility index (Phi) is 4.18. The molecule has 1 aromatic rings. The van der Waals surface area contributed by atoms with E-state index in [0.29, 0.717) is 25.0 Å². The molecule has 1 amide bonds. The van der Waals surface area contributed by atoms with Gasteiger partial charge in [-0.05, 0) is 31.4 Å². The van der Waals surface area contributed by atoms with Crippen LogP contribution in [0.5, 0.6) is 0 Å². The summed E-state index contributed by atoms with van der Waals surface area (Å²) < 4.78 is 26.4. The number of hydrogen-bond donors (Lipinski definition) is 1. The smallest absolute Gasteiger partial charge is 0.329 e. The third-order valence-electron chi connectivity index (χ3n) is 3.96. The molecule has 0 aromatic heterocycles. The van der Waals surface area contributed by atoms with E-state index in [2.05, 4.69) is 0 Å². The number of likely N-dealkylation sites (tertiary alicyclic amines) is 1. The zero-order valence-electron chi connectivity index (χ0n) is 11.3. The van der Waals surface area contributed by atoms with Crippen LogP contribution in [0.3, 0.4) is 0 Å². The Morgan fingerprint density at radius 1 is 1.38 bits per heavy atom. The first-order valence-electron chi connectivity index (χ1n) is 6.53. The second kappa shape index (κ2) is 5.60. The van der Waals surface area contributed by atoms with Crippen LogP contribution in [0.1, 0.15) is 36.5 Å². The molecule has 4 nitrogen and oxygen atoms in total. The van der Waals surface area contributed by atoms with Crippen LogP contribution in [-0.4, -0.2) is 34.0 Å². The molecule has 2 rings (SSSR count). The zero-order chi connectivity index (χ0) is 15.8. The summed E-state index contributed by atoms with van der Waals surface area (Å²) >= 11 is 5.79. The van der Waals surface area contributed by atoms with Gasteiger partial charge in [-0.3, -0.25) is 4.79 Å². The van der Waals surface area contributed by atoms with E-state index >= 15 is 0 Å². The Morgan fingerprint density at radius 2 is 2.00 bits per heavy atom. The van der Waals surface area contributed by atoms with Crippen molar-refractivity contribution in [3.05, 3.63) is 34.4 Å². The van der Waals surface area contributed by atoms with Crippen molar-refractivity contribution in [3.63, 3.8) is 0 Å². The molecule has 1 fully saturated rings. The molecule has 0 bridgehead atoms. The Labute approximate surface area is 125 Å². The van der Waals surface area contributed by atoms with Gasteiger partial charge < -0.3 is 10.0 Å². The van der Waals surface area contributed by atoms with E-state index in [0.717, 1.165) is 0 Å². The van der Waals surface area contributed by atoms with Crippen LogP contribution in [0, 0.1) is 11.6 Å². The van der Waals surface area contributed by atoms with Gasteiger partial charge in [0.2, 0.25) is 0 Å². The fraction of sp³-hybridized carbons (Fsp3) is 0.429. The van der Waals surface area contributed by atoms with Crippen LogP contribution in [-0.2, 0) is 4.79 Å². The molecule has 1 saturated heterocycles. The molecule has 1 atom stereocenters. The zero-order valence-corrected chi connectivity index (χ0v) is 12.1. The van der Waals surface area contributed by atoms with E-state index in [1.165, 1.54) is 4.90 Å². The minimum atomic E-state index is -1.31. The number of halogens is 3. The normalized spacial score (nSPS) is 21.6. The summed E-state index contributed by atoms with van der Waals surface area (Å²) in [7, 11) is 0. The predicted molar refractivity (Wildman–Crippen MR) is 72.3 cm³/mol. The lowest BCUT2D eigenvalue weighted by Gasteiger charge is -2.34. The number of aliphatic carboxylic acids is 1. The highest BCUT2D eigenvalue weighted by atomic mass is 35.5. The van der Waals surface area contributed by atoms with Crippen LogP contribution in [0.2, 0.25) is 5.02 Å². The van der Waals surface area contributed by atoms with Gasteiger partial charge >= 0.3 is 5.97 Å². The van der Waals surface area contributed by atoms with Gasteiger partial charge in [0.15, 0.2) is 11.6 Å². The summed E-state index contributed by atoms with van der Waals surface area (Å²) in [5.41, 5.74) is -1.54. The van der Waals surface area contributed by atoms with Gasteiger partial charge in [0.1, 0.15) is 5.54 Å². The van der Waals surface area contributed by atoms with Crippen LogP contribution in [0.25, 0.3) is 0 Å². The Balaban J connectivity index is 2.44. The largest absolute Gasteiger partial charge is 0.479 e. The number of amides is 1. The second-order valence-electron chi connectivity index (χ2n) is 5.00. The molecule has 1 N–H and O–H groups in total. The fourth-order valence-electron chi connectivity index (χ4n) is 2.75. The van der Waals surface area contributed by atoms with Crippen LogP contribution in [0.4, 0.5) is 8.78 Å². The van der Waals surface area contributed by atoms with Gasteiger partial charge in [-0.1, -0.05) is 18.5 Å². The molecule has 1 heterocycles. The second-order valence-corrected chi connectivity index (χ2v) is 5.40. The summed E-state index contributed by atoms with van der Waals surface area (Å²) in [4.78, 5) is 25.2. The molecule has 1 aliphatic rings. The summed E-state index contributed by atoms with van der Waals surface area (Å²) in [6.45, 7) is 1.92. The van der Waals surface area contributed by atoms with E-state index in [1.807, 2.05) is 0 Å². The van der Waals surface area contributed by atoms with Gasteiger partial charge in [0, 0.05) is 6.54 Å². The van der Waals surface area contributed by atoms with E-state index in [1.54, 1.807) is 6.92 Å². The number of carbonyl (C=O) groups excluding carboxylic acids is 1. The number of carboxylic acids is 1. The SMILES string of the molecule is CCC1(C(=O)O)CCCN1C(=O)c1cc(F)c(F)cc1Cl. The fourth-order valence-corrected chi connectivity index (χ4v) is 2.98. The molecule has 1 aliphatic heterocycles. The minimum absolute atomic E-state index is 0.225. The van der Waals surface area contributed by atoms with Crippen molar-refractivity contribution in [2.75, 3.05) is 6.54 Å². The molecule has 7 heteroatoms. The number of benzene rings is 1. The molecule has 1 unspecified atom stereocenters. The number of nitrogens with zero attached hydrogens (tertiary/aromatic N) is 1. The average Bonchev–Trinajstić information content (AvgIpc) is 2.87. The van der Waals surface area contributed by atoms with Crippen molar-refractivity contribution in [1.82, 2.24) is 4.90 Å². The van der Waals surface area contributed by atoms with Crippen LogP contribution in [0.15, 0.2) is 12.1 Å². The summed E-state index contributed by atoms with van der Waals surface area (Å²) in [5.74, 6) is -4.15. The highest BCUT2D eigenvalue weighted by Gasteiger charge is 2.49. The monoisotopic (exact) mass is 317 g/mol. The Bertz CT molecular complexity index is 608. The van der Waals surface area contributed by atoms with Crippen molar-refractivity contribution in [1.29, 1.82) is 0 Å². The lowest BCUT2D eigenvalue weighted by atomic mass is 9.92. The number of carboxylic acid groups (broad SMARTS) is 1. The van der Waals surface area contributed by atoms with Gasteiger partial charge in [0.05, 0.1) is 10.6 Å². The van der Waals surface area contributed by atoms with Crippen molar-refractivity contribution in [2.45, 2.75) is 31.7 Å². The molecular weight excluding hydrogens is 304 g/mol. The van der Waals surface area contributed by atoms with Crippen molar-refractivity contribution >= 4 is 23.5 Å². The number of hydrogen-bond acceptors (Lipinski definition) is 2. The van der Waals surface area contributed by atoms with E-state index in [-0.39, 0.29) is 23.6 Å². The quantitative estimate of drug-likeness (QED) is 0.872.